The molecule has 0 saturated heterocycles. The summed E-state index contributed by atoms with van der Waals surface area (Å²) in [5, 5.41) is 2.52. The molecule has 0 atom stereocenters. The molecule has 9 nitrogen and oxygen atoms in total. The highest BCUT2D eigenvalue weighted by atomic mass is 32.2. The van der Waals surface area contributed by atoms with Crippen molar-refractivity contribution in [3.8, 4) is 0 Å². The SMILES string of the molecule is COC(=O)NS(=O)(=O)Nc1ccccc1C(=O)NCCN. The molecule has 0 bridgehead atoms. The Morgan fingerprint density at radius 1 is 1.29 bits per heavy atom. The van der Waals surface area contributed by atoms with Gasteiger partial charge in [0.2, 0.25) is 0 Å². The van der Waals surface area contributed by atoms with E-state index in [0.717, 1.165) is 7.11 Å². The van der Waals surface area contributed by atoms with E-state index in [0.29, 0.717) is 0 Å². The average molecular weight is 316 g/mol. The molecule has 1 aromatic carbocycles. The number of nitrogens with two attached hydrogens (primary N) is 1. The molecule has 5 N–H and O–H groups in total. The third-order valence-electron chi connectivity index (χ3n) is 2.25. The van der Waals surface area contributed by atoms with E-state index in [9.17, 15) is 18.0 Å². The van der Waals surface area contributed by atoms with Gasteiger partial charge in [-0.25, -0.2) is 9.52 Å². The summed E-state index contributed by atoms with van der Waals surface area (Å²) < 4.78 is 31.2. The first-order valence-corrected chi connectivity index (χ1v) is 7.33. The van der Waals surface area contributed by atoms with Gasteiger partial charge in [-0.1, -0.05) is 12.1 Å². The van der Waals surface area contributed by atoms with Crippen LogP contribution in [0, 0.1) is 0 Å². The molecular formula is C11H16N4O5S. The maximum Gasteiger partial charge on any atom is 0.422 e. The van der Waals surface area contributed by atoms with E-state index >= 15 is 0 Å². The zero-order chi connectivity index (χ0) is 15.9. The van der Waals surface area contributed by atoms with E-state index in [-0.39, 0.29) is 24.3 Å². The predicted molar refractivity (Wildman–Crippen MR) is 75.9 cm³/mol. The van der Waals surface area contributed by atoms with Crippen molar-refractivity contribution in [1.82, 2.24) is 10.0 Å². The Morgan fingerprint density at radius 3 is 2.57 bits per heavy atom. The highest BCUT2D eigenvalue weighted by Gasteiger charge is 2.18. The first-order chi connectivity index (χ1) is 9.89. The van der Waals surface area contributed by atoms with Crippen LogP contribution in [0.5, 0.6) is 0 Å². The zero-order valence-corrected chi connectivity index (χ0v) is 12.1. The summed E-state index contributed by atoms with van der Waals surface area (Å²) in [6.07, 6.45) is -1.15. The summed E-state index contributed by atoms with van der Waals surface area (Å²) in [5.74, 6) is -0.489. The lowest BCUT2D eigenvalue weighted by atomic mass is 10.1. The van der Waals surface area contributed by atoms with E-state index < -0.39 is 22.2 Å². The number of carbonyl (C=O) groups excluding carboxylic acids is 2. The molecule has 1 rings (SSSR count). The average Bonchev–Trinajstić information content (AvgIpc) is 2.44. The Kier molecular flexibility index (Phi) is 5.93. The van der Waals surface area contributed by atoms with Gasteiger partial charge < -0.3 is 15.8 Å². The largest absolute Gasteiger partial charge is 0.452 e. The number of amides is 2. The monoisotopic (exact) mass is 316 g/mol. The fraction of sp³-hybridized carbons (Fsp3) is 0.273. The first kappa shape index (κ1) is 16.7. The Bertz CT molecular complexity index is 617. The minimum atomic E-state index is -4.20. The van der Waals surface area contributed by atoms with Crippen molar-refractivity contribution in [3.05, 3.63) is 29.8 Å². The number of anilines is 1. The van der Waals surface area contributed by atoms with Crippen LogP contribution in [0.3, 0.4) is 0 Å². The molecule has 0 aliphatic heterocycles. The molecule has 0 radical (unpaired) electrons. The summed E-state index contributed by atoms with van der Waals surface area (Å²) in [5.41, 5.74) is 5.39. The van der Waals surface area contributed by atoms with Crippen LogP contribution in [-0.2, 0) is 14.9 Å². The topological polar surface area (TPSA) is 140 Å². The second-order valence-corrected chi connectivity index (χ2v) is 5.20. The van der Waals surface area contributed by atoms with Gasteiger partial charge in [-0.15, -0.1) is 0 Å². The Labute approximate surface area is 122 Å². The Balaban J connectivity index is 2.93. The lowest BCUT2D eigenvalue weighted by Gasteiger charge is -2.12. The molecule has 0 unspecified atom stereocenters. The van der Waals surface area contributed by atoms with Gasteiger partial charge >= 0.3 is 16.3 Å². The van der Waals surface area contributed by atoms with Crippen molar-refractivity contribution in [1.29, 1.82) is 0 Å². The minimum absolute atomic E-state index is 0.0171. The number of para-hydroxylation sites is 1. The lowest BCUT2D eigenvalue weighted by Crippen LogP contribution is -2.36. The molecule has 10 heteroatoms. The standard InChI is InChI=1S/C11H16N4O5S/c1-20-11(17)15-21(18,19)14-9-5-3-2-4-8(9)10(16)13-7-6-12/h2-5,14H,6-7,12H2,1H3,(H,13,16)(H,15,17). The van der Waals surface area contributed by atoms with Crippen LogP contribution in [0.25, 0.3) is 0 Å². The van der Waals surface area contributed by atoms with Crippen LogP contribution in [0.1, 0.15) is 10.4 Å². The van der Waals surface area contributed by atoms with Crippen molar-refractivity contribution in [2.45, 2.75) is 0 Å². The smallest absolute Gasteiger partial charge is 0.422 e. The molecule has 0 saturated carbocycles. The molecule has 0 spiro atoms. The molecule has 0 aliphatic carbocycles. The fourth-order valence-electron chi connectivity index (χ4n) is 1.37. The van der Waals surface area contributed by atoms with Crippen molar-refractivity contribution in [2.75, 3.05) is 24.9 Å². The van der Waals surface area contributed by atoms with E-state index in [1.54, 1.807) is 10.8 Å². The molecule has 0 fully saturated rings. The van der Waals surface area contributed by atoms with Gasteiger partial charge in [0.15, 0.2) is 0 Å². The molecule has 0 aliphatic rings. The van der Waals surface area contributed by atoms with Crippen molar-refractivity contribution in [3.63, 3.8) is 0 Å². The van der Waals surface area contributed by atoms with E-state index in [1.807, 2.05) is 0 Å². The zero-order valence-electron chi connectivity index (χ0n) is 11.3. The fourth-order valence-corrected chi connectivity index (χ4v) is 2.19. The first-order valence-electron chi connectivity index (χ1n) is 5.85. The minimum Gasteiger partial charge on any atom is -0.452 e. The lowest BCUT2D eigenvalue weighted by molar-refractivity contribution is 0.0955. The number of benzene rings is 1. The molecule has 1 aromatic rings. The molecule has 0 aromatic heterocycles. The summed E-state index contributed by atoms with van der Waals surface area (Å²) in [7, 11) is -3.17. The van der Waals surface area contributed by atoms with Gasteiger partial charge in [0, 0.05) is 13.1 Å². The number of ether oxygens (including phenoxy) is 1. The van der Waals surface area contributed by atoms with Crippen LogP contribution in [-0.4, -0.2) is 40.6 Å². The number of carbonyl (C=O) groups is 2. The molecule has 0 heterocycles. The summed E-state index contributed by atoms with van der Waals surface area (Å²) in [6.45, 7) is 0.504. The van der Waals surface area contributed by atoms with Gasteiger partial charge in [0.05, 0.1) is 18.4 Å². The van der Waals surface area contributed by atoms with Gasteiger partial charge in [0.25, 0.3) is 5.91 Å². The van der Waals surface area contributed by atoms with Gasteiger partial charge in [0.1, 0.15) is 0 Å². The summed E-state index contributed by atoms with van der Waals surface area (Å²) in [4.78, 5) is 22.8. The van der Waals surface area contributed by atoms with Crippen molar-refractivity contribution < 1.29 is 22.7 Å². The van der Waals surface area contributed by atoms with E-state index in [1.165, 1.54) is 18.2 Å². The molecule has 2 amide bonds. The third kappa shape index (κ3) is 5.28. The second-order valence-electron chi connectivity index (χ2n) is 3.79. The summed E-state index contributed by atoms with van der Waals surface area (Å²) >= 11 is 0. The Hall–Kier alpha value is -2.33. The van der Waals surface area contributed by atoms with Gasteiger partial charge in [-0.05, 0) is 12.1 Å². The number of hydrogen-bond acceptors (Lipinski definition) is 6. The van der Waals surface area contributed by atoms with Crippen molar-refractivity contribution >= 4 is 27.9 Å². The second kappa shape index (κ2) is 7.45. The number of hydrogen-bond donors (Lipinski definition) is 4. The van der Waals surface area contributed by atoms with E-state index in [4.69, 9.17) is 5.73 Å². The van der Waals surface area contributed by atoms with Crippen molar-refractivity contribution in [2.24, 2.45) is 5.73 Å². The third-order valence-corrected chi connectivity index (χ3v) is 3.17. The highest BCUT2D eigenvalue weighted by Crippen LogP contribution is 2.16. The maximum absolute atomic E-state index is 11.9. The van der Waals surface area contributed by atoms with Crippen LogP contribution in [0.4, 0.5) is 10.5 Å². The van der Waals surface area contributed by atoms with Crippen LogP contribution in [0.15, 0.2) is 24.3 Å². The highest BCUT2D eigenvalue weighted by molar-refractivity contribution is 7.91. The number of nitrogens with one attached hydrogen (secondary N) is 3. The van der Waals surface area contributed by atoms with Crippen LogP contribution < -0.4 is 20.5 Å². The van der Waals surface area contributed by atoms with Gasteiger partial charge in [-0.3, -0.25) is 9.52 Å². The Morgan fingerprint density at radius 2 is 1.95 bits per heavy atom. The van der Waals surface area contributed by atoms with Gasteiger partial charge in [-0.2, -0.15) is 8.42 Å². The van der Waals surface area contributed by atoms with Crippen LogP contribution >= 0.6 is 0 Å². The number of rotatable bonds is 6. The molecule has 116 valence electrons. The maximum atomic E-state index is 11.9. The number of methoxy groups -OCH3 is 1. The summed E-state index contributed by atoms with van der Waals surface area (Å²) in [6, 6.07) is 5.92. The normalized spacial score (nSPS) is 10.6. The molecular weight excluding hydrogens is 300 g/mol. The van der Waals surface area contributed by atoms with E-state index in [2.05, 4.69) is 14.8 Å². The predicted octanol–water partition coefficient (Wildman–Crippen LogP) is -0.612. The molecule has 21 heavy (non-hydrogen) atoms. The van der Waals surface area contributed by atoms with Crippen LogP contribution in [0.2, 0.25) is 0 Å². The quantitative estimate of drug-likeness (QED) is 0.552.